The van der Waals surface area contributed by atoms with E-state index in [0.29, 0.717) is 36.6 Å². The van der Waals surface area contributed by atoms with Gasteiger partial charge >= 0.3 is 0 Å². The lowest BCUT2D eigenvalue weighted by atomic mass is 9.98. The fourth-order valence-electron chi connectivity index (χ4n) is 8.35. The van der Waals surface area contributed by atoms with Gasteiger partial charge in [-0.1, -0.05) is 25.1 Å². The van der Waals surface area contributed by atoms with Crippen molar-refractivity contribution in [3.05, 3.63) is 101 Å². The van der Waals surface area contributed by atoms with Gasteiger partial charge in [-0.2, -0.15) is 4.98 Å². The number of anilines is 6. The lowest BCUT2D eigenvalue weighted by Crippen LogP contribution is -2.54. The summed E-state index contributed by atoms with van der Waals surface area (Å²) in [5, 5.41) is 25.9. The Balaban J connectivity index is 0.837. The Labute approximate surface area is 353 Å². The second-order valence-electron chi connectivity index (χ2n) is 15.6. The zero-order chi connectivity index (χ0) is 42.7. The number of hydrogen-bond acceptors (Lipinski definition) is 14. The van der Waals surface area contributed by atoms with Crippen molar-refractivity contribution < 1.29 is 29.1 Å². The van der Waals surface area contributed by atoms with Gasteiger partial charge in [0, 0.05) is 68.9 Å². The zero-order valence-electron chi connectivity index (χ0n) is 34.0. The normalized spacial score (nSPS) is 19.9. The third kappa shape index (κ3) is 8.51. The highest BCUT2D eigenvalue weighted by atomic mass is 16.3. The van der Waals surface area contributed by atoms with Crippen LogP contribution in [-0.4, -0.2) is 111 Å². The number of carbonyl (C=O) groups is 5. The highest BCUT2D eigenvalue weighted by Crippen LogP contribution is 2.39. The first-order chi connectivity index (χ1) is 29.5. The number of aromatic nitrogens is 3. The van der Waals surface area contributed by atoms with Crippen molar-refractivity contribution in [1.29, 1.82) is 0 Å². The molecule has 0 radical (unpaired) electrons. The lowest BCUT2D eigenvalue weighted by molar-refractivity contribution is -0.136. The molecule has 2 unspecified atom stereocenters. The number of piperidine rings is 1. The molecule has 4 aliphatic rings. The minimum absolute atomic E-state index is 0.0720. The van der Waals surface area contributed by atoms with Gasteiger partial charge in [-0.25, -0.2) is 9.97 Å². The molecule has 5 heterocycles. The molecule has 0 saturated carbocycles. The number of piperazine rings is 1. The Bertz CT molecular complexity index is 2380. The van der Waals surface area contributed by atoms with Gasteiger partial charge in [-0.15, -0.1) is 6.58 Å². The highest BCUT2D eigenvalue weighted by molar-refractivity contribution is 6.25. The van der Waals surface area contributed by atoms with Crippen LogP contribution in [0.1, 0.15) is 81.4 Å². The Morgan fingerprint density at radius 1 is 0.984 bits per heavy atom. The predicted molar refractivity (Wildman–Crippen MR) is 229 cm³/mol. The van der Waals surface area contributed by atoms with E-state index in [2.05, 4.69) is 52.9 Å². The summed E-state index contributed by atoms with van der Waals surface area (Å²) in [7, 11) is 0. The van der Waals surface area contributed by atoms with Crippen LogP contribution in [0.5, 0.6) is 0 Å². The molecule has 17 heteroatoms. The summed E-state index contributed by atoms with van der Waals surface area (Å²) in [6.45, 7) is 10.8. The van der Waals surface area contributed by atoms with Gasteiger partial charge in [-0.05, 0) is 86.7 Å². The van der Waals surface area contributed by atoms with Crippen molar-refractivity contribution in [3.8, 4) is 0 Å². The van der Waals surface area contributed by atoms with Crippen molar-refractivity contribution in [1.82, 2.24) is 35.4 Å². The summed E-state index contributed by atoms with van der Waals surface area (Å²) in [4.78, 5) is 83.3. The van der Waals surface area contributed by atoms with Gasteiger partial charge in [0.2, 0.25) is 17.8 Å². The van der Waals surface area contributed by atoms with E-state index in [4.69, 9.17) is 4.98 Å². The van der Waals surface area contributed by atoms with Crippen molar-refractivity contribution in [3.63, 3.8) is 0 Å². The van der Waals surface area contributed by atoms with E-state index in [1.165, 1.54) is 6.20 Å². The van der Waals surface area contributed by atoms with Crippen LogP contribution in [0.25, 0.3) is 0 Å². The lowest BCUT2D eigenvalue weighted by Gasteiger charge is -2.36. The smallest absolute Gasteiger partial charge is 0.264 e. The molecule has 3 aliphatic heterocycles. The number of carbonyl (C=O) groups excluding carboxylic acids is 5. The molecule has 5 amide bonds. The van der Waals surface area contributed by atoms with Crippen LogP contribution in [0.4, 0.5) is 34.6 Å². The summed E-state index contributed by atoms with van der Waals surface area (Å²) in [5.41, 5.74) is 3.84. The molecule has 2 atom stereocenters. The maximum atomic E-state index is 13.4. The third-order valence-electron chi connectivity index (χ3n) is 11.8. The molecule has 61 heavy (non-hydrogen) atoms. The Kier molecular flexibility index (Phi) is 11.8. The monoisotopic (exact) mass is 827 g/mol. The highest BCUT2D eigenvalue weighted by Gasteiger charge is 2.45. The number of amides is 5. The Morgan fingerprint density at radius 2 is 1.79 bits per heavy atom. The maximum absolute atomic E-state index is 13.4. The molecule has 8 rings (SSSR count). The predicted octanol–water partition coefficient (Wildman–Crippen LogP) is 3.84. The van der Waals surface area contributed by atoms with Crippen LogP contribution >= 0.6 is 0 Å². The number of benzene rings is 2. The molecule has 0 spiro atoms. The molecule has 6 N–H and O–H groups in total. The number of hydrogen-bond donors (Lipinski definition) is 6. The van der Waals surface area contributed by atoms with E-state index in [-0.39, 0.29) is 53.8 Å². The number of nitrogens with zero attached hydrogens (tertiary/aromatic N) is 6. The van der Waals surface area contributed by atoms with E-state index in [1.54, 1.807) is 24.3 Å². The van der Waals surface area contributed by atoms with Gasteiger partial charge in [0.15, 0.2) is 0 Å². The molecule has 2 saturated heterocycles. The van der Waals surface area contributed by atoms with E-state index in [1.807, 2.05) is 43.3 Å². The van der Waals surface area contributed by atoms with Crippen molar-refractivity contribution in [2.45, 2.75) is 57.1 Å². The quantitative estimate of drug-likeness (QED) is 0.0571. The van der Waals surface area contributed by atoms with Crippen molar-refractivity contribution >= 4 is 64.2 Å². The van der Waals surface area contributed by atoms with Crippen LogP contribution in [0, 0.1) is 0 Å². The minimum Gasteiger partial charge on any atom is -0.384 e. The molecule has 316 valence electrons. The van der Waals surface area contributed by atoms with Crippen molar-refractivity contribution in [2.24, 2.45) is 0 Å². The van der Waals surface area contributed by atoms with E-state index in [9.17, 15) is 29.1 Å². The van der Waals surface area contributed by atoms with Crippen LogP contribution in [-0.2, 0) is 21.6 Å². The molecular weight excluding hydrogens is 779 g/mol. The SMILES string of the molecule is C=CCNC(=O)c1cnc(Nc2ccc(N3CCN(CCCNc4cccc5c4C(=O)N(C4CCC(=O)NC4=O)C5=O)CC3)cc2)nc1Nc1ccc2c(n1)C(O)(CC)CC2. The largest absolute Gasteiger partial charge is 0.384 e. The molecular formula is C44H49N11O6. The molecule has 4 aromatic rings. The van der Waals surface area contributed by atoms with Crippen LogP contribution < -0.4 is 31.5 Å². The van der Waals surface area contributed by atoms with Gasteiger partial charge in [0.1, 0.15) is 28.8 Å². The van der Waals surface area contributed by atoms with Crippen LogP contribution in [0.15, 0.2) is 73.4 Å². The van der Waals surface area contributed by atoms with E-state index >= 15 is 0 Å². The van der Waals surface area contributed by atoms with Crippen LogP contribution in [0.3, 0.4) is 0 Å². The fraction of sp³-hybridized carbons (Fsp3) is 0.364. The number of rotatable bonds is 15. The van der Waals surface area contributed by atoms with Crippen LogP contribution in [0.2, 0.25) is 0 Å². The summed E-state index contributed by atoms with van der Waals surface area (Å²) < 4.78 is 0. The van der Waals surface area contributed by atoms with Gasteiger partial charge in [0.05, 0.1) is 16.8 Å². The standard InChI is InChI=1S/C44H49N11O6/c1-3-19-46-39(57)31-26-47-43(52-38(31)50-34-15-9-27-17-18-44(61,4-2)37(27)49-34)48-28-10-12-29(13-11-28)54-24-22-53(23-25-54)21-6-20-45-32-8-5-7-30-36(32)42(60)55(41(30)59)33-14-16-35(56)51-40(33)58/h3,5,7-13,15,26,33,45,61H,1,4,6,14,16-25H2,2H3,(H,46,57)(H,51,56,58)(H2,47,48,49,50,52). The topological polar surface area (TPSA) is 214 Å². The molecule has 2 aromatic heterocycles. The first-order valence-electron chi connectivity index (χ1n) is 20.7. The van der Waals surface area contributed by atoms with E-state index in [0.717, 1.165) is 67.4 Å². The molecule has 17 nitrogen and oxygen atoms in total. The average Bonchev–Trinajstić information content (AvgIpc) is 3.74. The number of aliphatic hydroxyl groups is 1. The summed E-state index contributed by atoms with van der Waals surface area (Å²) in [5.74, 6) is -1.43. The summed E-state index contributed by atoms with van der Waals surface area (Å²) in [6, 6.07) is 15.9. The minimum atomic E-state index is -1.00. The number of nitrogens with one attached hydrogen (secondary N) is 5. The third-order valence-corrected chi connectivity index (χ3v) is 11.8. The first-order valence-corrected chi connectivity index (χ1v) is 20.7. The number of fused-ring (bicyclic) bond motifs is 2. The molecule has 2 aromatic carbocycles. The molecule has 2 fully saturated rings. The molecule has 0 bridgehead atoms. The van der Waals surface area contributed by atoms with Gasteiger partial charge in [0.25, 0.3) is 17.7 Å². The Hall–Kier alpha value is -6.72. The second kappa shape index (κ2) is 17.5. The number of aryl methyl sites for hydroxylation is 1. The average molecular weight is 828 g/mol. The van der Waals surface area contributed by atoms with Crippen molar-refractivity contribution in [2.75, 3.05) is 66.7 Å². The second-order valence-corrected chi connectivity index (χ2v) is 15.6. The number of imide groups is 2. The van der Waals surface area contributed by atoms with E-state index < -0.39 is 35.3 Å². The molecule has 1 aliphatic carbocycles. The Morgan fingerprint density at radius 3 is 2.54 bits per heavy atom. The fourth-order valence-corrected chi connectivity index (χ4v) is 8.35. The van der Waals surface area contributed by atoms with Gasteiger partial charge in [-0.3, -0.25) is 39.1 Å². The maximum Gasteiger partial charge on any atom is 0.264 e. The first kappa shape index (κ1) is 41.0. The van der Waals surface area contributed by atoms with Gasteiger partial charge < -0.3 is 31.3 Å². The summed E-state index contributed by atoms with van der Waals surface area (Å²) >= 11 is 0. The number of pyridine rings is 1. The summed E-state index contributed by atoms with van der Waals surface area (Å²) in [6.07, 6.45) is 5.98. The zero-order valence-corrected chi connectivity index (χ0v) is 34.0.